The van der Waals surface area contributed by atoms with Gasteiger partial charge in [0.15, 0.2) is 11.5 Å². The molecule has 1 fully saturated rings. The van der Waals surface area contributed by atoms with Gasteiger partial charge in [-0.05, 0) is 48.2 Å². The van der Waals surface area contributed by atoms with E-state index in [1.165, 1.54) is 12.1 Å². The predicted octanol–water partition coefficient (Wildman–Crippen LogP) is 3.82. The number of carbonyl (C=O) groups is 1. The molecule has 1 atom stereocenters. The summed E-state index contributed by atoms with van der Waals surface area (Å²) in [6, 6.07) is 12.1. The Kier molecular flexibility index (Phi) is 5.28. The maximum absolute atomic E-state index is 13.2. The van der Waals surface area contributed by atoms with Crippen LogP contribution in [0.4, 0.5) is 4.39 Å². The summed E-state index contributed by atoms with van der Waals surface area (Å²) >= 11 is 0. The summed E-state index contributed by atoms with van der Waals surface area (Å²) < 4.78 is 29.7. The topological polar surface area (TPSA) is 77.7 Å². The van der Waals surface area contributed by atoms with Gasteiger partial charge in [0.2, 0.25) is 24.5 Å². The Morgan fingerprint density at radius 3 is 2.74 bits per heavy atom. The normalized spacial score (nSPS) is 17.3. The molecule has 0 saturated carbocycles. The Morgan fingerprint density at radius 1 is 1.06 bits per heavy atom. The molecule has 3 heterocycles. The summed E-state index contributed by atoms with van der Waals surface area (Å²) in [6.07, 6.45) is 2.99. The number of amides is 1. The van der Waals surface area contributed by atoms with Crippen molar-refractivity contribution < 1.29 is 23.1 Å². The predicted molar refractivity (Wildman–Crippen MR) is 108 cm³/mol. The fourth-order valence-corrected chi connectivity index (χ4v) is 4.14. The number of fused-ring (bicyclic) bond motifs is 1. The van der Waals surface area contributed by atoms with Crippen LogP contribution >= 0.6 is 0 Å². The van der Waals surface area contributed by atoms with E-state index < -0.39 is 0 Å². The lowest BCUT2D eigenvalue weighted by Crippen LogP contribution is -2.30. The summed E-state index contributed by atoms with van der Waals surface area (Å²) in [6.45, 7) is 0.941. The van der Waals surface area contributed by atoms with Crippen LogP contribution in [-0.4, -0.2) is 34.3 Å². The number of rotatable bonds is 6. The largest absolute Gasteiger partial charge is 0.454 e. The SMILES string of the molecule is O=C(CCc1nnc(Cc2ccc3c(c2)OCO3)o1)N1CCC[C@H]1c1ccc(F)cc1. The number of hydrogen-bond acceptors (Lipinski definition) is 6. The number of benzene rings is 2. The smallest absolute Gasteiger partial charge is 0.231 e. The van der Waals surface area contributed by atoms with Gasteiger partial charge in [-0.1, -0.05) is 18.2 Å². The summed E-state index contributed by atoms with van der Waals surface area (Å²) in [5, 5.41) is 8.19. The number of ether oxygens (including phenoxy) is 2. The fourth-order valence-electron chi connectivity index (χ4n) is 4.14. The van der Waals surface area contributed by atoms with Crippen LogP contribution in [0, 0.1) is 5.82 Å². The second-order valence-corrected chi connectivity index (χ2v) is 7.75. The Balaban J connectivity index is 1.18. The third-order valence-corrected chi connectivity index (χ3v) is 5.68. The molecule has 1 aromatic heterocycles. The maximum atomic E-state index is 13.2. The van der Waals surface area contributed by atoms with Crippen LogP contribution in [0.25, 0.3) is 0 Å². The Hall–Kier alpha value is -3.42. The Labute approximate surface area is 178 Å². The summed E-state index contributed by atoms with van der Waals surface area (Å²) in [5.41, 5.74) is 1.95. The molecule has 2 aliphatic rings. The average Bonchev–Trinajstić information content (AvgIpc) is 3.53. The molecule has 7 nitrogen and oxygen atoms in total. The highest BCUT2D eigenvalue weighted by molar-refractivity contribution is 5.77. The summed E-state index contributed by atoms with van der Waals surface area (Å²) in [7, 11) is 0. The van der Waals surface area contributed by atoms with E-state index in [9.17, 15) is 9.18 Å². The monoisotopic (exact) mass is 423 g/mol. The second kappa shape index (κ2) is 8.37. The number of nitrogens with zero attached hydrogens (tertiary/aromatic N) is 3. The van der Waals surface area contributed by atoms with Crippen molar-refractivity contribution in [3.8, 4) is 11.5 Å². The molecular formula is C23H22FN3O4. The van der Waals surface area contributed by atoms with Crippen molar-refractivity contribution in [2.24, 2.45) is 0 Å². The Bertz CT molecular complexity index is 1080. The van der Waals surface area contributed by atoms with E-state index >= 15 is 0 Å². The van der Waals surface area contributed by atoms with E-state index in [1.54, 1.807) is 12.1 Å². The molecule has 8 heteroatoms. The van der Waals surface area contributed by atoms with E-state index in [-0.39, 0.29) is 24.6 Å². The van der Waals surface area contributed by atoms with Crippen LogP contribution in [0.1, 0.15) is 48.2 Å². The number of halogens is 1. The number of aromatic nitrogens is 2. The molecule has 2 aromatic carbocycles. The molecule has 0 spiro atoms. The highest BCUT2D eigenvalue weighted by Gasteiger charge is 2.29. The lowest BCUT2D eigenvalue weighted by atomic mass is 10.0. The fraction of sp³-hybridized carbons (Fsp3) is 0.348. The van der Waals surface area contributed by atoms with Gasteiger partial charge in [0.05, 0.1) is 12.5 Å². The van der Waals surface area contributed by atoms with E-state index in [1.807, 2.05) is 23.1 Å². The quantitative estimate of drug-likeness (QED) is 0.600. The number of carbonyl (C=O) groups excluding carboxylic acids is 1. The van der Waals surface area contributed by atoms with Crippen molar-refractivity contribution in [1.29, 1.82) is 0 Å². The minimum Gasteiger partial charge on any atom is -0.454 e. The molecule has 0 aliphatic carbocycles. The van der Waals surface area contributed by atoms with Crippen molar-refractivity contribution in [3.05, 3.63) is 71.2 Å². The first-order valence-corrected chi connectivity index (χ1v) is 10.4. The van der Waals surface area contributed by atoms with Gasteiger partial charge in [-0.25, -0.2) is 4.39 Å². The highest BCUT2D eigenvalue weighted by atomic mass is 19.1. The zero-order valence-corrected chi connectivity index (χ0v) is 16.9. The minimum atomic E-state index is -0.271. The van der Waals surface area contributed by atoms with Gasteiger partial charge in [0, 0.05) is 19.4 Å². The van der Waals surface area contributed by atoms with Gasteiger partial charge in [-0.2, -0.15) is 0 Å². The molecule has 0 radical (unpaired) electrons. The number of hydrogen-bond donors (Lipinski definition) is 0. The number of aryl methyl sites for hydroxylation is 1. The molecule has 1 saturated heterocycles. The van der Waals surface area contributed by atoms with Crippen LogP contribution < -0.4 is 9.47 Å². The molecular weight excluding hydrogens is 401 g/mol. The zero-order valence-electron chi connectivity index (χ0n) is 16.9. The molecule has 160 valence electrons. The van der Waals surface area contributed by atoms with E-state index in [0.717, 1.165) is 29.7 Å². The lowest BCUT2D eigenvalue weighted by molar-refractivity contribution is -0.132. The van der Waals surface area contributed by atoms with Crippen molar-refractivity contribution in [1.82, 2.24) is 15.1 Å². The first-order valence-electron chi connectivity index (χ1n) is 10.4. The third-order valence-electron chi connectivity index (χ3n) is 5.68. The van der Waals surface area contributed by atoms with Crippen molar-refractivity contribution in [2.45, 2.75) is 38.1 Å². The molecule has 3 aromatic rings. The van der Waals surface area contributed by atoms with Gasteiger partial charge in [0.1, 0.15) is 5.82 Å². The average molecular weight is 423 g/mol. The molecule has 1 amide bonds. The van der Waals surface area contributed by atoms with E-state index in [2.05, 4.69) is 10.2 Å². The lowest BCUT2D eigenvalue weighted by Gasteiger charge is -2.25. The first kappa shape index (κ1) is 19.5. The standard InChI is InChI=1S/C23H22FN3O4/c24-17-6-4-16(5-7-17)18-2-1-11-27(18)23(28)10-9-21-25-26-22(31-21)13-15-3-8-19-20(12-15)30-14-29-19/h3-8,12,18H,1-2,9-11,13-14H2/t18-/m0/s1. The minimum absolute atomic E-state index is 0.00245. The van der Waals surface area contributed by atoms with Gasteiger partial charge in [0.25, 0.3) is 0 Å². The molecule has 0 N–H and O–H groups in total. The molecule has 31 heavy (non-hydrogen) atoms. The van der Waals surface area contributed by atoms with Crippen LogP contribution in [-0.2, 0) is 17.6 Å². The van der Waals surface area contributed by atoms with Gasteiger partial charge in [-0.3, -0.25) is 4.79 Å². The Morgan fingerprint density at radius 2 is 1.87 bits per heavy atom. The van der Waals surface area contributed by atoms with Crippen LogP contribution in [0.5, 0.6) is 11.5 Å². The summed E-state index contributed by atoms with van der Waals surface area (Å²) in [5.74, 6) is 2.15. The highest BCUT2D eigenvalue weighted by Crippen LogP contribution is 2.34. The number of likely N-dealkylation sites (tertiary alicyclic amines) is 1. The molecule has 0 bridgehead atoms. The molecule has 0 unspecified atom stereocenters. The van der Waals surface area contributed by atoms with Gasteiger partial charge >= 0.3 is 0 Å². The van der Waals surface area contributed by atoms with Crippen LogP contribution in [0.2, 0.25) is 0 Å². The van der Waals surface area contributed by atoms with Gasteiger partial charge in [-0.15, -0.1) is 10.2 Å². The maximum Gasteiger partial charge on any atom is 0.231 e. The van der Waals surface area contributed by atoms with Gasteiger partial charge < -0.3 is 18.8 Å². The third kappa shape index (κ3) is 4.23. The van der Waals surface area contributed by atoms with Crippen molar-refractivity contribution >= 4 is 5.91 Å². The van der Waals surface area contributed by atoms with E-state index in [4.69, 9.17) is 13.9 Å². The second-order valence-electron chi connectivity index (χ2n) is 7.75. The van der Waals surface area contributed by atoms with Crippen molar-refractivity contribution in [2.75, 3.05) is 13.3 Å². The van der Waals surface area contributed by atoms with Crippen LogP contribution in [0.15, 0.2) is 46.9 Å². The van der Waals surface area contributed by atoms with Crippen molar-refractivity contribution in [3.63, 3.8) is 0 Å². The first-order chi connectivity index (χ1) is 15.2. The van der Waals surface area contributed by atoms with Crippen LogP contribution in [0.3, 0.4) is 0 Å². The summed E-state index contributed by atoms with van der Waals surface area (Å²) in [4.78, 5) is 14.7. The molecule has 5 rings (SSSR count). The van der Waals surface area contributed by atoms with E-state index in [0.29, 0.717) is 43.3 Å². The zero-order chi connectivity index (χ0) is 21.2. The molecule has 2 aliphatic heterocycles.